The highest BCUT2D eigenvalue weighted by molar-refractivity contribution is 7.01. The van der Waals surface area contributed by atoms with Crippen LogP contribution in [0.25, 0.3) is 76.9 Å². The maximum absolute atomic E-state index is 7.36. The minimum Gasteiger partial charge on any atom is -0.456 e. The summed E-state index contributed by atoms with van der Waals surface area (Å²) in [6.45, 7) is -0.119. The Hall–Kier alpha value is -10.4. The van der Waals surface area contributed by atoms with Crippen molar-refractivity contribution in [1.29, 1.82) is 0 Å². The van der Waals surface area contributed by atoms with Crippen molar-refractivity contribution in [1.82, 2.24) is 9.13 Å². The number of benzene rings is 12. The summed E-state index contributed by atoms with van der Waals surface area (Å²) in [5, 5.41) is 7.37. The quantitative estimate of drug-likeness (QED) is 0.161. The molecule has 12 aromatic carbocycles. The lowest BCUT2D eigenvalue weighted by Crippen LogP contribution is -2.61. The number of fused-ring (bicyclic) bond motifs is 19. The molecule has 7 heterocycles. The summed E-state index contributed by atoms with van der Waals surface area (Å²) in [7, 11) is 0. The largest absolute Gasteiger partial charge is 0.456 e. The van der Waals surface area contributed by atoms with Crippen LogP contribution < -0.4 is 47.5 Å². The second kappa shape index (κ2) is 15.6. The first-order chi connectivity index (χ1) is 39.7. The van der Waals surface area contributed by atoms with Crippen LogP contribution in [-0.4, -0.2) is 22.6 Å². The van der Waals surface area contributed by atoms with E-state index in [-0.39, 0.29) is 13.4 Å². The van der Waals surface area contributed by atoms with Gasteiger partial charge in [-0.15, -0.1) is 0 Å². The van der Waals surface area contributed by atoms with Crippen LogP contribution in [0.5, 0.6) is 0 Å². The maximum Gasteiger partial charge on any atom is 0.252 e. The number of furan rings is 1. The molecule has 0 bridgehead atoms. The van der Waals surface area contributed by atoms with Crippen LogP contribution in [0.2, 0.25) is 0 Å². The van der Waals surface area contributed by atoms with Crippen molar-refractivity contribution in [2.45, 2.75) is 0 Å². The fourth-order valence-electron chi connectivity index (χ4n) is 14.9. The van der Waals surface area contributed by atoms with Crippen LogP contribution in [0, 0.1) is 0 Å². The van der Waals surface area contributed by atoms with E-state index in [1.54, 1.807) is 0 Å². The van der Waals surface area contributed by atoms with E-state index in [9.17, 15) is 0 Å². The topological polar surface area (TPSA) is 32.7 Å². The number of nitrogens with zero attached hydrogens (tertiary/aromatic N) is 5. The zero-order valence-corrected chi connectivity index (χ0v) is 43.1. The van der Waals surface area contributed by atoms with E-state index in [4.69, 9.17) is 4.42 Å². The molecule has 19 rings (SSSR count). The predicted molar refractivity (Wildman–Crippen MR) is 336 cm³/mol. The van der Waals surface area contributed by atoms with Gasteiger partial charge in [0.15, 0.2) is 0 Å². The normalized spacial score (nSPS) is 13.4. The molecule has 0 fully saturated rings. The summed E-state index contributed by atoms with van der Waals surface area (Å²) in [5.41, 5.74) is 26.9. The van der Waals surface area contributed by atoms with Crippen molar-refractivity contribution in [3.05, 3.63) is 261 Å². The molecule has 8 heteroatoms. The smallest absolute Gasteiger partial charge is 0.252 e. The molecule has 4 aliphatic rings. The Balaban J connectivity index is 0.913. The lowest BCUT2D eigenvalue weighted by molar-refractivity contribution is 0.669. The highest BCUT2D eigenvalue weighted by Crippen LogP contribution is 2.50. The van der Waals surface area contributed by atoms with Crippen LogP contribution in [-0.2, 0) is 0 Å². The third-order valence-electron chi connectivity index (χ3n) is 18.0. The second-order valence-electron chi connectivity index (χ2n) is 21.9. The Morgan fingerprint density at radius 3 is 1.31 bits per heavy atom. The van der Waals surface area contributed by atoms with Gasteiger partial charge in [0.05, 0.1) is 27.8 Å². The molecule has 0 saturated heterocycles. The van der Waals surface area contributed by atoms with Gasteiger partial charge in [-0.2, -0.15) is 0 Å². The van der Waals surface area contributed by atoms with Gasteiger partial charge in [0.25, 0.3) is 13.4 Å². The predicted octanol–water partition coefficient (Wildman–Crippen LogP) is 14.5. The molecular formula is C72H43B2N5O. The van der Waals surface area contributed by atoms with Crippen molar-refractivity contribution >= 4 is 163 Å². The third-order valence-corrected chi connectivity index (χ3v) is 18.0. The van der Waals surface area contributed by atoms with Crippen LogP contribution in [0.4, 0.5) is 51.2 Å². The van der Waals surface area contributed by atoms with Crippen molar-refractivity contribution < 1.29 is 4.42 Å². The van der Waals surface area contributed by atoms with Gasteiger partial charge >= 0.3 is 0 Å². The second-order valence-corrected chi connectivity index (χ2v) is 21.9. The SMILES string of the molecule is c1ccc(N(c2ccccc2)c2cc3c4c(c2)N(c2ccccc2)c2cc5oc6cc7c(cc6c5cc2B4c2ccccc2N3c2ccccc2)B2c3ccccc3-n3c4ccccc4c4cc5c6ccccc6n-7c5c2c43)cc1. The molecule has 368 valence electrons. The van der Waals surface area contributed by atoms with E-state index in [0.29, 0.717) is 0 Å². The molecule has 0 atom stereocenters. The van der Waals surface area contributed by atoms with Crippen LogP contribution in [0.1, 0.15) is 0 Å². The van der Waals surface area contributed by atoms with Gasteiger partial charge < -0.3 is 28.3 Å². The Morgan fingerprint density at radius 1 is 0.287 bits per heavy atom. The van der Waals surface area contributed by atoms with E-state index in [1.807, 2.05) is 0 Å². The standard InChI is InChI=1S/C72H43B2N5O/c1-5-21-44(22-6-1)75(45-23-7-2-8-24-45)48-37-65-69-66(38-48)77(47-27-11-4-12-28-47)63-42-67-51(40-57(63)73(69)55-31-15-19-35-61(55)76(65)46-25-9-3-10-26-46)52-41-58-64(43-68(52)80-67)79-60-34-18-14-30-50(60)54-39-53-49-29-13-17-33-59(49)78-62-36-20-16-32-56(62)74(58)70(71(53)78)72(54)79/h1-43H. The number of hydrogen-bond acceptors (Lipinski definition) is 4. The molecule has 0 amide bonds. The number of para-hydroxylation sites is 8. The van der Waals surface area contributed by atoms with Crippen LogP contribution in [0.15, 0.2) is 265 Å². The average molecular weight is 1020 g/mol. The van der Waals surface area contributed by atoms with Crippen molar-refractivity contribution in [2.24, 2.45) is 0 Å². The molecular weight excluding hydrogens is 972 g/mol. The summed E-state index contributed by atoms with van der Waals surface area (Å²) in [6.07, 6.45) is 0. The van der Waals surface area contributed by atoms with E-state index < -0.39 is 0 Å². The number of anilines is 9. The first-order valence-electron chi connectivity index (χ1n) is 27.7. The van der Waals surface area contributed by atoms with Gasteiger partial charge in [-0.05, 0) is 124 Å². The molecule has 0 saturated carbocycles. The highest BCUT2D eigenvalue weighted by atomic mass is 16.3. The van der Waals surface area contributed by atoms with E-state index >= 15 is 0 Å². The van der Waals surface area contributed by atoms with Crippen LogP contribution >= 0.6 is 0 Å². The minimum absolute atomic E-state index is 0.00858. The Morgan fingerprint density at radius 2 is 0.725 bits per heavy atom. The molecule has 0 spiro atoms. The molecule has 6 nitrogen and oxygen atoms in total. The minimum atomic E-state index is -0.110. The number of rotatable bonds is 5. The molecule has 80 heavy (non-hydrogen) atoms. The highest BCUT2D eigenvalue weighted by Gasteiger charge is 2.46. The fourth-order valence-corrected chi connectivity index (χ4v) is 14.9. The lowest BCUT2D eigenvalue weighted by Gasteiger charge is -2.45. The first kappa shape index (κ1) is 42.7. The summed E-state index contributed by atoms with van der Waals surface area (Å²) in [4.78, 5) is 7.39. The zero-order valence-electron chi connectivity index (χ0n) is 43.1. The summed E-state index contributed by atoms with van der Waals surface area (Å²) < 4.78 is 12.5. The molecule has 15 aromatic rings. The Kier molecular flexibility index (Phi) is 8.33. The average Bonchev–Trinajstić information content (AvgIpc) is 3.39. The van der Waals surface area contributed by atoms with Gasteiger partial charge in [0.1, 0.15) is 11.2 Å². The van der Waals surface area contributed by atoms with Crippen molar-refractivity contribution in [3.63, 3.8) is 0 Å². The Bertz CT molecular complexity index is 5130. The van der Waals surface area contributed by atoms with Crippen molar-refractivity contribution in [3.8, 4) is 11.4 Å². The zero-order chi connectivity index (χ0) is 51.9. The third kappa shape index (κ3) is 5.49. The number of hydrogen-bond donors (Lipinski definition) is 0. The summed E-state index contributed by atoms with van der Waals surface area (Å²) in [6, 6.07) is 96.5. The Labute approximate surface area is 461 Å². The van der Waals surface area contributed by atoms with Crippen LogP contribution in [0.3, 0.4) is 0 Å². The molecule has 0 radical (unpaired) electrons. The molecule has 3 aromatic heterocycles. The summed E-state index contributed by atoms with van der Waals surface area (Å²) >= 11 is 0. The van der Waals surface area contributed by atoms with Crippen molar-refractivity contribution in [2.75, 3.05) is 14.7 Å². The van der Waals surface area contributed by atoms with E-state index in [2.05, 4.69) is 285 Å². The number of aromatic nitrogens is 2. The van der Waals surface area contributed by atoms with E-state index in [1.165, 1.54) is 93.5 Å². The van der Waals surface area contributed by atoms with E-state index in [0.717, 1.165) is 67.4 Å². The van der Waals surface area contributed by atoms with Gasteiger partial charge in [0.2, 0.25) is 0 Å². The van der Waals surface area contributed by atoms with Gasteiger partial charge in [-0.1, -0.05) is 158 Å². The summed E-state index contributed by atoms with van der Waals surface area (Å²) in [5.74, 6) is 0. The molecule has 4 aliphatic heterocycles. The molecule has 0 unspecified atom stereocenters. The van der Waals surface area contributed by atoms with Gasteiger partial charge in [-0.3, -0.25) is 0 Å². The molecule has 0 N–H and O–H groups in total. The first-order valence-corrected chi connectivity index (χ1v) is 27.7. The lowest BCUT2D eigenvalue weighted by atomic mass is 9.33. The van der Waals surface area contributed by atoms with Gasteiger partial charge in [0, 0.05) is 101 Å². The monoisotopic (exact) mass is 1020 g/mol. The molecule has 0 aliphatic carbocycles. The fraction of sp³-hybridized carbons (Fsp3) is 0. The van der Waals surface area contributed by atoms with Gasteiger partial charge in [-0.25, -0.2) is 0 Å². The maximum atomic E-state index is 7.36.